The first-order valence-electron chi connectivity index (χ1n) is 11.1. The quantitative estimate of drug-likeness (QED) is 0.293. The first-order chi connectivity index (χ1) is 16.9. The normalized spacial score (nSPS) is 12.7. The van der Waals surface area contributed by atoms with Gasteiger partial charge < -0.3 is 14.8 Å². The summed E-state index contributed by atoms with van der Waals surface area (Å²) in [4.78, 5) is 18.4. The van der Waals surface area contributed by atoms with E-state index in [1.54, 1.807) is 7.11 Å². The van der Waals surface area contributed by atoms with Crippen LogP contribution in [-0.2, 0) is 4.79 Å². The van der Waals surface area contributed by atoms with E-state index in [2.05, 4.69) is 20.5 Å². The van der Waals surface area contributed by atoms with Crippen molar-refractivity contribution in [2.75, 3.05) is 12.4 Å². The molecule has 1 amide bonds. The van der Waals surface area contributed by atoms with E-state index in [9.17, 15) is 4.79 Å². The van der Waals surface area contributed by atoms with Gasteiger partial charge in [0.1, 0.15) is 0 Å². The van der Waals surface area contributed by atoms with E-state index in [0.717, 1.165) is 16.3 Å². The number of benzene rings is 2. The van der Waals surface area contributed by atoms with Gasteiger partial charge in [-0.05, 0) is 52.0 Å². The molecule has 0 aliphatic rings. The minimum atomic E-state index is -0.432. The molecule has 182 valence electrons. The molecule has 0 spiro atoms. The van der Waals surface area contributed by atoms with E-state index in [1.807, 2.05) is 86.9 Å². The molecule has 10 heteroatoms. The van der Waals surface area contributed by atoms with Gasteiger partial charge in [0, 0.05) is 10.6 Å². The second-order valence-corrected chi connectivity index (χ2v) is 10.3. The van der Waals surface area contributed by atoms with Crippen LogP contribution >= 0.6 is 23.1 Å². The van der Waals surface area contributed by atoms with Crippen LogP contribution in [0.5, 0.6) is 11.5 Å². The molecule has 0 aliphatic heterocycles. The van der Waals surface area contributed by atoms with Gasteiger partial charge in [0.2, 0.25) is 5.91 Å². The monoisotopic (exact) mass is 509 g/mol. The summed E-state index contributed by atoms with van der Waals surface area (Å²) in [7, 11) is 1.61. The molecule has 4 rings (SSSR count). The summed E-state index contributed by atoms with van der Waals surface area (Å²) >= 11 is 2.80. The predicted octanol–water partition coefficient (Wildman–Crippen LogP) is 5.61. The van der Waals surface area contributed by atoms with Crippen LogP contribution in [-0.4, -0.2) is 38.0 Å². The molecular formula is C25H27N5O3S2. The number of carbonyl (C=O) groups excluding carboxylic acids is 1. The molecule has 0 bridgehead atoms. The van der Waals surface area contributed by atoms with Crippen molar-refractivity contribution in [2.24, 2.45) is 0 Å². The number of carbonyl (C=O) groups is 1. The number of nitrogens with zero attached hydrogens (tertiary/aromatic N) is 4. The molecule has 35 heavy (non-hydrogen) atoms. The molecule has 4 aromatic rings. The summed E-state index contributed by atoms with van der Waals surface area (Å²) in [5, 5.41) is 12.5. The maximum Gasteiger partial charge on any atom is 0.239 e. The third-order valence-electron chi connectivity index (χ3n) is 5.32. The van der Waals surface area contributed by atoms with Crippen molar-refractivity contribution < 1.29 is 14.3 Å². The first kappa shape index (κ1) is 24.7. The number of methoxy groups -OCH3 is 1. The Morgan fingerprint density at radius 3 is 2.37 bits per heavy atom. The highest BCUT2D eigenvalue weighted by Crippen LogP contribution is 2.33. The topological polar surface area (TPSA) is 91.2 Å². The van der Waals surface area contributed by atoms with E-state index >= 15 is 0 Å². The first-order valence-corrected chi connectivity index (χ1v) is 12.8. The maximum absolute atomic E-state index is 12.9. The molecule has 0 radical (unpaired) electrons. The third kappa shape index (κ3) is 5.66. The van der Waals surface area contributed by atoms with Gasteiger partial charge in [0.25, 0.3) is 0 Å². The summed E-state index contributed by atoms with van der Waals surface area (Å²) in [6.07, 6.45) is -0.432. The van der Waals surface area contributed by atoms with Gasteiger partial charge in [-0.1, -0.05) is 42.1 Å². The van der Waals surface area contributed by atoms with Crippen molar-refractivity contribution in [3.63, 3.8) is 0 Å². The molecule has 0 saturated heterocycles. The lowest BCUT2D eigenvalue weighted by Gasteiger charge is -2.18. The molecular weight excluding hydrogens is 482 g/mol. The van der Waals surface area contributed by atoms with E-state index in [-0.39, 0.29) is 5.91 Å². The lowest BCUT2D eigenvalue weighted by Crippen LogP contribution is -2.23. The Bertz CT molecular complexity index is 1290. The number of anilines is 1. The van der Waals surface area contributed by atoms with Crippen molar-refractivity contribution in [1.82, 2.24) is 19.7 Å². The lowest BCUT2D eigenvalue weighted by atomic mass is 10.3. The van der Waals surface area contributed by atoms with Crippen LogP contribution in [0.2, 0.25) is 0 Å². The fraction of sp³-hybridized carbons (Fsp3) is 0.280. The number of para-hydroxylation sites is 3. The summed E-state index contributed by atoms with van der Waals surface area (Å²) in [5.74, 6) is 1.72. The van der Waals surface area contributed by atoms with Crippen LogP contribution < -0.4 is 14.8 Å². The average Bonchev–Trinajstić information content (AvgIpc) is 3.42. The van der Waals surface area contributed by atoms with Crippen molar-refractivity contribution >= 4 is 34.1 Å². The highest BCUT2D eigenvalue weighted by atomic mass is 32.2. The second kappa shape index (κ2) is 10.9. The predicted molar refractivity (Wildman–Crippen MR) is 139 cm³/mol. The number of aryl methyl sites for hydroxylation is 2. The molecule has 0 aliphatic carbocycles. The second-order valence-electron chi connectivity index (χ2n) is 7.83. The highest BCUT2D eigenvalue weighted by Gasteiger charge is 2.25. The minimum absolute atomic E-state index is 0.147. The van der Waals surface area contributed by atoms with Crippen LogP contribution in [0.3, 0.4) is 0 Å². The number of nitrogens with one attached hydrogen (secondary N) is 1. The van der Waals surface area contributed by atoms with Crippen molar-refractivity contribution in [3.8, 4) is 17.2 Å². The number of thiazole rings is 1. The number of ether oxygens (including phenoxy) is 2. The van der Waals surface area contributed by atoms with Gasteiger partial charge in [0.15, 0.2) is 33.7 Å². The van der Waals surface area contributed by atoms with Crippen LogP contribution in [0.4, 0.5) is 5.13 Å². The van der Waals surface area contributed by atoms with Gasteiger partial charge in [-0.3, -0.25) is 9.36 Å². The molecule has 2 unspecified atom stereocenters. The Labute approximate surface area is 212 Å². The van der Waals surface area contributed by atoms with E-state index < -0.39 is 11.4 Å². The molecule has 0 fully saturated rings. The Kier molecular flexibility index (Phi) is 7.72. The minimum Gasteiger partial charge on any atom is -0.493 e. The van der Waals surface area contributed by atoms with Crippen LogP contribution in [0.15, 0.2) is 59.8 Å². The van der Waals surface area contributed by atoms with Gasteiger partial charge >= 0.3 is 0 Å². The Balaban J connectivity index is 1.59. The molecule has 0 saturated carbocycles. The van der Waals surface area contributed by atoms with Gasteiger partial charge in [-0.2, -0.15) is 0 Å². The summed E-state index contributed by atoms with van der Waals surface area (Å²) in [6, 6.07) is 17.3. The SMILES string of the molecule is COc1ccccc1OC(C)c1nnc(SC(C)C(=O)Nc2nc(C)c(C)s2)n1-c1ccccc1. The molecule has 2 heterocycles. The summed E-state index contributed by atoms with van der Waals surface area (Å²) in [6.45, 7) is 7.66. The number of hydrogen-bond donors (Lipinski definition) is 1. The lowest BCUT2D eigenvalue weighted by molar-refractivity contribution is -0.115. The Hall–Kier alpha value is -3.37. The molecule has 2 atom stereocenters. The zero-order valence-corrected chi connectivity index (χ0v) is 21.8. The summed E-state index contributed by atoms with van der Waals surface area (Å²) in [5.41, 5.74) is 1.80. The van der Waals surface area contributed by atoms with Crippen LogP contribution in [0.25, 0.3) is 5.69 Å². The zero-order valence-electron chi connectivity index (χ0n) is 20.2. The maximum atomic E-state index is 12.9. The molecule has 1 N–H and O–H groups in total. The molecule has 2 aromatic heterocycles. The number of thioether (sulfide) groups is 1. The van der Waals surface area contributed by atoms with Gasteiger partial charge in [-0.15, -0.1) is 21.5 Å². The Morgan fingerprint density at radius 2 is 1.71 bits per heavy atom. The Morgan fingerprint density at radius 1 is 1.03 bits per heavy atom. The fourth-order valence-corrected chi connectivity index (χ4v) is 5.04. The molecule has 8 nitrogen and oxygen atoms in total. The number of rotatable bonds is 9. The summed E-state index contributed by atoms with van der Waals surface area (Å²) < 4.78 is 13.5. The van der Waals surface area contributed by atoms with E-state index in [1.165, 1.54) is 23.1 Å². The average molecular weight is 510 g/mol. The number of amides is 1. The third-order valence-corrected chi connectivity index (χ3v) is 7.35. The highest BCUT2D eigenvalue weighted by molar-refractivity contribution is 8.00. The molecule has 2 aromatic carbocycles. The standard InChI is InChI=1S/C25H27N5O3S2/c1-15-17(3)34-24(26-15)27-23(31)18(4)35-25-29-28-22(30(25)19-11-7-6-8-12-19)16(2)33-21-14-10-9-13-20(21)32-5/h6-14,16,18H,1-5H3,(H,26,27,31). The fourth-order valence-electron chi connectivity index (χ4n) is 3.34. The van der Waals surface area contributed by atoms with Crippen LogP contribution in [0, 0.1) is 13.8 Å². The van der Waals surface area contributed by atoms with Crippen molar-refractivity contribution in [3.05, 3.63) is 71.0 Å². The van der Waals surface area contributed by atoms with Gasteiger partial charge in [-0.25, -0.2) is 4.98 Å². The zero-order chi connectivity index (χ0) is 24.9. The number of hydrogen-bond acceptors (Lipinski definition) is 8. The van der Waals surface area contributed by atoms with Gasteiger partial charge in [0.05, 0.1) is 18.1 Å². The van der Waals surface area contributed by atoms with E-state index in [0.29, 0.717) is 27.6 Å². The van der Waals surface area contributed by atoms with E-state index in [4.69, 9.17) is 9.47 Å². The van der Waals surface area contributed by atoms with Crippen molar-refractivity contribution in [2.45, 2.75) is 44.2 Å². The largest absolute Gasteiger partial charge is 0.493 e. The number of aromatic nitrogens is 4. The van der Waals surface area contributed by atoms with Crippen molar-refractivity contribution in [1.29, 1.82) is 0 Å². The smallest absolute Gasteiger partial charge is 0.239 e. The van der Waals surface area contributed by atoms with Crippen LogP contribution in [0.1, 0.15) is 36.3 Å².